The number of ether oxygens (including phenoxy) is 1. The van der Waals surface area contributed by atoms with Crippen LogP contribution >= 0.6 is 0 Å². The number of aromatic nitrogens is 1. The molecule has 1 fully saturated rings. The van der Waals surface area contributed by atoms with E-state index in [0.717, 1.165) is 48.4 Å². The molecule has 0 atom stereocenters. The predicted octanol–water partition coefficient (Wildman–Crippen LogP) is 0.855. The minimum absolute atomic E-state index is 0.139. The van der Waals surface area contributed by atoms with Gasteiger partial charge in [0.2, 0.25) is 5.91 Å². The predicted molar refractivity (Wildman–Crippen MR) is 88.7 cm³/mol. The molecular weight excluding hydrogens is 294 g/mol. The summed E-state index contributed by atoms with van der Waals surface area (Å²) in [6.07, 6.45) is 2.27. The zero-order valence-corrected chi connectivity index (χ0v) is 13.4. The number of methoxy groups -OCH3 is 1. The van der Waals surface area contributed by atoms with Gasteiger partial charge in [0.25, 0.3) is 0 Å². The Morgan fingerprint density at radius 3 is 2.78 bits per heavy atom. The molecule has 6 heteroatoms. The Balaban J connectivity index is 1.69. The van der Waals surface area contributed by atoms with Crippen LogP contribution in [0.3, 0.4) is 0 Å². The Morgan fingerprint density at radius 1 is 1.30 bits per heavy atom. The van der Waals surface area contributed by atoms with Crippen molar-refractivity contribution in [3.05, 3.63) is 30.0 Å². The maximum atomic E-state index is 12.6. The molecule has 0 bridgehead atoms. The average Bonchev–Trinajstić information content (AvgIpc) is 2.99. The monoisotopic (exact) mass is 317 g/mol. The van der Waals surface area contributed by atoms with E-state index in [1.807, 2.05) is 29.3 Å². The number of rotatable bonds is 5. The fourth-order valence-electron chi connectivity index (χ4n) is 3.17. The molecule has 0 aliphatic carbocycles. The zero-order chi connectivity index (χ0) is 16.2. The fraction of sp³-hybridized carbons (Fsp3) is 0.471. The first-order valence-corrected chi connectivity index (χ1v) is 7.97. The van der Waals surface area contributed by atoms with E-state index in [0.29, 0.717) is 13.0 Å². The molecule has 1 amide bonds. The molecule has 0 saturated carbocycles. The Bertz CT molecular complexity index is 675. The maximum absolute atomic E-state index is 12.6. The Labute approximate surface area is 135 Å². The number of nitrogens with zero attached hydrogens (tertiary/aromatic N) is 2. The third kappa shape index (κ3) is 3.33. The average molecular weight is 317 g/mol. The molecular formula is C17H23N3O3. The van der Waals surface area contributed by atoms with E-state index < -0.39 is 0 Å². The lowest BCUT2D eigenvalue weighted by Gasteiger charge is -2.34. The topological polar surface area (TPSA) is 68.8 Å². The number of benzene rings is 1. The minimum atomic E-state index is 0.139. The molecule has 3 rings (SSSR count). The smallest absolute Gasteiger partial charge is 0.227 e. The number of hydrogen-bond donors (Lipinski definition) is 2. The van der Waals surface area contributed by atoms with Gasteiger partial charge in [-0.2, -0.15) is 0 Å². The van der Waals surface area contributed by atoms with Crippen molar-refractivity contribution in [1.29, 1.82) is 0 Å². The van der Waals surface area contributed by atoms with Gasteiger partial charge in [-0.1, -0.05) is 6.07 Å². The number of amides is 1. The number of piperazine rings is 1. The van der Waals surface area contributed by atoms with Gasteiger partial charge in [-0.3, -0.25) is 9.69 Å². The van der Waals surface area contributed by atoms with Crippen molar-refractivity contribution < 1.29 is 14.6 Å². The summed E-state index contributed by atoms with van der Waals surface area (Å²) in [5.41, 5.74) is 1.96. The highest BCUT2D eigenvalue weighted by molar-refractivity contribution is 5.93. The number of nitrogens with one attached hydrogen (secondary N) is 1. The highest BCUT2D eigenvalue weighted by Gasteiger charge is 2.22. The number of fused-ring (bicyclic) bond motifs is 1. The zero-order valence-electron chi connectivity index (χ0n) is 13.4. The summed E-state index contributed by atoms with van der Waals surface area (Å²) < 4.78 is 5.42. The standard InChI is InChI=1S/C17H23N3O3/c1-23-15-4-2-3-14-17(15)13(12-18-14)11-16(22)20-7-5-19(6-8-20)9-10-21/h2-4,12,18,21H,5-11H2,1H3. The largest absolute Gasteiger partial charge is 0.496 e. The van der Waals surface area contributed by atoms with Crippen molar-refractivity contribution in [3.8, 4) is 5.75 Å². The van der Waals surface area contributed by atoms with Gasteiger partial charge in [0.1, 0.15) is 5.75 Å². The molecule has 1 aliphatic heterocycles. The minimum Gasteiger partial charge on any atom is -0.496 e. The van der Waals surface area contributed by atoms with Gasteiger partial charge >= 0.3 is 0 Å². The number of aromatic amines is 1. The number of carbonyl (C=O) groups excluding carboxylic acids is 1. The molecule has 1 aromatic heterocycles. The van der Waals surface area contributed by atoms with Gasteiger partial charge in [-0.05, 0) is 17.7 Å². The molecule has 124 valence electrons. The van der Waals surface area contributed by atoms with Crippen molar-refractivity contribution in [2.45, 2.75) is 6.42 Å². The van der Waals surface area contributed by atoms with Gasteiger partial charge in [0, 0.05) is 49.8 Å². The molecule has 0 spiro atoms. The Kier molecular flexibility index (Phi) is 4.83. The third-order valence-corrected chi connectivity index (χ3v) is 4.45. The van der Waals surface area contributed by atoms with E-state index in [9.17, 15) is 4.79 Å². The fourth-order valence-corrected chi connectivity index (χ4v) is 3.17. The Hall–Kier alpha value is -2.05. The first kappa shape index (κ1) is 15.8. The molecule has 0 unspecified atom stereocenters. The highest BCUT2D eigenvalue weighted by Crippen LogP contribution is 2.29. The maximum Gasteiger partial charge on any atom is 0.227 e. The van der Waals surface area contributed by atoms with Crippen LogP contribution < -0.4 is 4.74 Å². The number of aliphatic hydroxyl groups is 1. The second-order valence-electron chi connectivity index (χ2n) is 5.82. The quantitative estimate of drug-likeness (QED) is 0.858. The molecule has 1 aliphatic rings. The second kappa shape index (κ2) is 7.02. The lowest BCUT2D eigenvalue weighted by molar-refractivity contribution is -0.132. The van der Waals surface area contributed by atoms with Crippen LogP contribution in [0.4, 0.5) is 0 Å². The Morgan fingerprint density at radius 2 is 2.09 bits per heavy atom. The van der Waals surface area contributed by atoms with E-state index in [-0.39, 0.29) is 12.5 Å². The van der Waals surface area contributed by atoms with Gasteiger partial charge in [-0.15, -0.1) is 0 Å². The summed E-state index contributed by atoms with van der Waals surface area (Å²) in [4.78, 5) is 19.9. The van der Waals surface area contributed by atoms with Crippen molar-refractivity contribution in [2.24, 2.45) is 0 Å². The van der Waals surface area contributed by atoms with Crippen molar-refractivity contribution in [3.63, 3.8) is 0 Å². The van der Waals surface area contributed by atoms with Crippen molar-refractivity contribution in [2.75, 3.05) is 46.4 Å². The third-order valence-electron chi connectivity index (χ3n) is 4.45. The summed E-state index contributed by atoms with van der Waals surface area (Å²) in [5.74, 6) is 0.930. The van der Waals surface area contributed by atoms with Gasteiger partial charge in [0.05, 0.1) is 20.1 Å². The molecule has 2 aromatic rings. The summed E-state index contributed by atoms with van der Waals surface area (Å²) in [7, 11) is 1.65. The summed E-state index contributed by atoms with van der Waals surface area (Å²) in [6.45, 7) is 3.94. The number of H-pyrrole nitrogens is 1. The first-order valence-electron chi connectivity index (χ1n) is 7.97. The number of aliphatic hydroxyl groups excluding tert-OH is 1. The first-order chi connectivity index (χ1) is 11.2. The summed E-state index contributed by atoms with van der Waals surface area (Å²) >= 11 is 0. The van der Waals surface area contributed by atoms with Crippen LogP contribution in [0, 0.1) is 0 Å². The lowest BCUT2D eigenvalue weighted by Crippen LogP contribution is -2.49. The van der Waals surface area contributed by atoms with E-state index >= 15 is 0 Å². The van der Waals surface area contributed by atoms with E-state index in [4.69, 9.17) is 9.84 Å². The number of hydrogen-bond acceptors (Lipinski definition) is 4. The normalized spacial score (nSPS) is 16.0. The van der Waals surface area contributed by atoms with Crippen LogP contribution in [0.2, 0.25) is 0 Å². The van der Waals surface area contributed by atoms with Crippen molar-refractivity contribution >= 4 is 16.8 Å². The van der Waals surface area contributed by atoms with Gasteiger partial charge in [0.15, 0.2) is 0 Å². The lowest BCUT2D eigenvalue weighted by atomic mass is 10.1. The van der Waals surface area contributed by atoms with E-state index in [2.05, 4.69) is 9.88 Å². The molecule has 2 N–H and O–H groups in total. The van der Waals surface area contributed by atoms with Crippen LogP contribution in [-0.2, 0) is 11.2 Å². The molecule has 1 saturated heterocycles. The van der Waals surface area contributed by atoms with Crippen LogP contribution in [0.15, 0.2) is 24.4 Å². The van der Waals surface area contributed by atoms with Crippen LogP contribution in [0.1, 0.15) is 5.56 Å². The van der Waals surface area contributed by atoms with Crippen LogP contribution in [-0.4, -0.2) is 72.2 Å². The van der Waals surface area contributed by atoms with E-state index in [1.54, 1.807) is 7.11 Å². The summed E-state index contributed by atoms with van der Waals surface area (Å²) in [6, 6.07) is 5.83. The van der Waals surface area contributed by atoms with Crippen LogP contribution in [0.5, 0.6) is 5.75 Å². The molecule has 6 nitrogen and oxygen atoms in total. The molecule has 0 radical (unpaired) electrons. The molecule has 1 aromatic carbocycles. The summed E-state index contributed by atoms with van der Waals surface area (Å²) in [5, 5.41) is 9.97. The van der Waals surface area contributed by atoms with E-state index in [1.165, 1.54) is 0 Å². The highest BCUT2D eigenvalue weighted by atomic mass is 16.5. The number of carbonyl (C=O) groups is 1. The van der Waals surface area contributed by atoms with Gasteiger partial charge in [-0.25, -0.2) is 0 Å². The number of β-amino-alcohol motifs (C(OH)–C–C–N with tert-alkyl or cyclic N) is 1. The second-order valence-corrected chi connectivity index (χ2v) is 5.82. The molecule has 23 heavy (non-hydrogen) atoms. The molecule has 2 heterocycles. The van der Waals surface area contributed by atoms with Crippen molar-refractivity contribution in [1.82, 2.24) is 14.8 Å². The van der Waals surface area contributed by atoms with Crippen LogP contribution in [0.25, 0.3) is 10.9 Å². The SMILES string of the molecule is COc1cccc2[nH]cc(CC(=O)N3CCN(CCO)CC3)c12. The van der Waals surface area contributed by atoms with Gasteiger partial charge < -0.3 is 19.7 Å².